The van der Waals surface area contributed by atoms with Gasteiger partial charge in [0.25, 0.3) is 5.91 Å². The molecule has 2 aromatic heterocycles. The zero-order valence-electron chi connectivity index (χ0n) is 12.4. The van der Waals surface area contributed by atoms with Crippen molar-refractivity contribution in [3.63, 3.8) is 0 Å². The summed E-state index contributed by atoms with van der Waals surface area (Å²) in [6.45, 7) is 0.365. The summed E-state index contributed by atoms with van der Waals surface area (Å²) < 4.78 is 11.0. The number of fused-ring (bicyclic) bond motifs is 1. The molecule has 118 valence electrons. The molecule has 3 aromatic rings. The number of primary amides is 1. The van der Waals surface area contributed by atoms with Gasteiger partial charge >= 0.3 is 0 Å². The molecule has 0 saturated heterocycles. The summed E-state index contributed by atoms with van der Waals surface area (Å²) in [5.74, 6) is 0.798. The van der Waals surface area contributed by atoms with E-state index in [-0.39, 0.29) is 0 Å². The number of hydrogen-bond donors (Lipinski definition) is 2. The number of benzene rings is 1. The van der Waals surface area contributed by atoms with E-state index in [9.17, 15) is 4.79 Å². The molecule has 1 amide bonds. The first-order valence-electron chi connectivity index (χ1n) is 6.82. The third-order valence-corrected chi connectivity index (χ3v) is 4.50. The number of thiophene rings is 1. The van der Waals surface area contributed by atoms with Gasteiger partial charge in [-0.2, -0.15) is 0 Å². The van der Waals surface area contributed by atoms with Crippen LogP contribution in [0.1, 0.15) is 15.2 Å². The van der Waals surface area contributed by atoms with E-state index in [0.29, 0.717) is 33.1 Å². The summed E-state index contributed by atoms with van der Waals surface area (Å²) in [4.78, 5) is 16.6. The molecular formula is C16H15N3O3S. The minimum atomic E-state index is -0.563. The number of rotatable bonds is 5. The van der Waals surface area contributed by atoms with Crippen LogP contribution in [-0.4, -0.2) is 18.0 Å². The maximum Gasteiger partial charge on any atom is 0.260 e. The summed E-state index contributed by atoms with van der Waals surface area (Å²) in [5, 5.41) is 0.625. The van der Waals surface area contributed by atoms with E-state index < -0.39 is 5.91 Å². The molecule has 1 aromatic carbocycles. The number of nitrogen functional groups attached to an aromatic ring is 1. The second kappa shape index (κ2) is 6.13. The third kappa shape index (κ3) is 2.91. The Morgan fingerprint density at radius 1 is 1.26 bits per heavy atom. The number of aromatic nitrogens is 1. The van der Waals surface area contributed by atoms with Crippen molar-refractivity contribution < 1.29 is 14.3 Å². The molecule has 23 heavy (non-hydrogen) atoms. The Morgan fingerprint density at radius 3 is 2.65 bits per heavy atom. The maximum atomic E-state index is 11.4. The lowest BCUT2D eigenvalue weighted by atomic mass is 10.2. The van der Waals surface area contributed by atoms with Crippen molar-refractivity contribution in [1.29, 1.82) is 0 Å². The molecular weight excluding hydrogens is 314 g/mol. The van der Waals surface area contributed by atoms with Gasteiger partial charge in [0.1, 0.15) is 27.8 Å². The van der Waals surface area contributed by atoms with Crippen LogP contribution in [0.5, 0.6) is 11.5 Å². The zero-order chi connectivity index (χ0) is 16.4. The largest absolute Gasteiger partial charge is 0.497 e. The molecule has 3 rings (SSSR count). The van der Waals surface area contributed by atoms with E-state index >= 15 is 0 Å². The lowest BCUT2D eigenvalue weighted by Crippen LogP contribution is -2.10. The predicted octanol–water partition coefficient (Wildman–Crippen LogP) is 2.57. The van der Waals surface area contributed by atoms with Crippen LogP contribution in [0.3, 0.4) is 0 Å². The normalized spacial score (nSPS) is 10.7. The summed E-state index contributed by atoms with van der Waals surface area (Å²) in [5.41, 5.74) is 12.7. The van der Waals surface area contributed by atoms with Gasteiger partial charge in [0.05, 0.1) is 18.2 Å². The van der Waals surface area contributed by atoms with Gasteiger partial charge in [-0.05, 0) is 23.8 Å². The Bertz CT molecular complexity index is 859. The first-order valence-corrected chi connectivity index (χ1v) is 7.64. The van der Waals surface area contributed by atoms with Gasteiger partial charge in [-0.25, -0.2) is 4.98 Å². The number of nitrogens with two attached hydrogens (primary N) is 2. The smallest absolute Gasteiger partial charge is 0.260 e. The van der Waals surface area contributed by atoms with Crippen LogP contribution in [0.4, 0.5) is 5.69 Å². The lowest BCUT2D eigenvalue weighted by Gasteiger charge is -2.08. The van der Waals surface area contributed by atoms with Gasteiger partial charge in [-0.1, -0.05) is 12.1 Å². The number of hydrogen-bond acceptors (Lipinski definition) is 6. The molecule has 0 bridgehead atoms. The summed E-state index contributed by atoms with van der Waals surface area (Å²) in [6.07, 6.45) is 1.62. The fourth-order valence-corrected chi connectivity index (χ4v) is 3.13. The van der Waals surface area contributed by atoms with Crippen molar-refractivity contribution in [2.24, 2.45) is 5.73 Å². The van der Waals surface area contributed by atoms with Crippen LogP contribution in [0.2, 0.25) is 0 Å². The number of carbonyl (C=O) groups is 1. The number of carbonyl (C=O) groups excluding carboxylic acids is 1. The number of pyridine rings is 1. The third-order valence-electron chi connectivity index (χ3n) is 3.37. The summed E-state index contributed by atoms with van der Waals surface area (Å²) in [7, 11) is 1.62. The molecule has 0 spiro atoms. The molecule has 0 atom stereocenters. The van der Waals surface area contributed by atoms with E-state index in [4.69, 9.17) is 20.9 Å². The second-order valence-electron chi connectivity index (χ2n) is 4.84. The van der Waals surface area contributed by atoms with Crippen LogP contribution < -0.4 is 20.9 Å². The summed E-state index contributed by atoms with van der Waals surface area (Å²) >= 11 is 1.17. The highest BCUT2D eigenvalue weighted by Crippen LogP contribution is 2.38. The van der Waals surface area contributed by atoms with Crippen molar-refractivity contribution >= 4 is 33.1 Å². The average Bonchev–Trinajstić information content (AvgIpc) is 2.91. The van der Waals surface area contributed by atoms with Gasteiger partial charge in [0.2, 0.25) is 0 Å². The molecule has 0 aliphatic heterocycles. The number of nitrogens with zero attached hydrogens (tertiary/aromatic N) is 1. The van der Waals surface area contributed by atoms with E-state index in [1.165, 1.54) is 11.3 Å². The Labute approximate surface area is 136 Å². The Kier molecular flexibility index (Phi) is 4.03. The Balaban J connectivity index is 1.89. The topological polar surface area (TPSA) is 100 Å². The minimum absolute atomic E-state index is 0.299. The zero-order valence-corrected chi connectivity index (χ0v) is 13.2. The molecule has 6 nitrogen and oxygen atoms in total. The monoisotopic (exact) mass is 329 g/mol. The average molecular weight is 329 g/mol. The van der Waals surface area contributed by atoms with Crippen LogP contribution in [0, 0.1) is 0 Å². The number of amides is 1. The number of ether oxygens (including phenoxy) is 2. The SMILES string of the molecule is COc1ccc(COc2ccnc3sc(C(N)=O)c(N)c23)cc1. The highest BCUT2D eigenvalue weighted by Gasteiger charge is 2.18. The first-order chi connectivity index (χ1) is 11.1. The van der Waals surface area contributed by atoms with Crippen LogP contribution in [0.25, 0.3) is 10.2 Å². The van der Waals surface area contributed by atoms with Gasteiger partial charge in [0.15, 0.2) is 0 Å². The quantitative estimate of drug-likeness (QED) is 0.749. The van der Waals surface area contributed by atoms with Gasteiger partial charge in [0, 0.05) is 6.20 Å². The fourth-order valence-electron chi connectivity index (χ4n) is 2.20. The van der Waals surface area contributed by atoms with E-state index in [1.807, 2.05) is 24.3 Å². The Hall–Kier alpha value is -2.80. The lowest BCUT2D eigenvalue weighted by molar-refractivity contribution is 0.100. The first kappa shape index (κ1) is 15.1. The standard InChI is InChI=1S/C16H15N3O3S/c1-21-10-4-2-9(3-5-10)8-22-11-6-7-19-16-12(11)13(17)14(23-16)15(18)20/h2-7H,8,17H2,1H3,(H2,18,20). The summed E-state index contributed by atoms with van der Waals surface area (Å²) in [6, 6.07) is 9.29. The van der Waals surface area contributed by atoms with Crippen molar-refractivity contribution in [1.82, 2.24) is 4.98 Å². The Morgan fingerprint density at radius 2 is 2.00 bits per heavy atom. The molecule has 4 N–H and O–H groups in total. The second-order valence-corrected chi connectivity index (χ2v) is 5.83. The van der Waals surface area contributed by atoms with E-state index in [0.717, 1.165) is 11.3 Å². The highest BCUT2D eigenvalue weighted by molar-refractivity contribution is 7.21. The van der Waals surface area contributed by atoms with E-state index in [2.05, 4.69) is 4.98 Å². The molecule has 0 saturated carbocycles. The molecule has 2 heterocycles. The molecule has 0 radical (unpaired) electrons. The van der Waals surface area contributed by atoms with Gasteiger partial charge in [-0.3, -0.25) is 4.79 Å². The minimum Gasteiger partial charge on any atom is -0.497 e. The fraction of sp³-hybridized carbons (Fsp3) is 0.125. The van der Waals surface area contributed by atoms with Gasteiger partial charge < -0.3 is 20.9 Å². The number of anilines is 1. The molecule has 0 fully saturated rings. The van der Waals surface area contributed by atoms with Crippen LogP contribution in [0.15, 0.2) is 36.5 Å². The molecule has 7 heteroatoms. The van der Waals surface area contributed by atoms with Crippen molar-refractivity contribution in [3.8, 4) is 11.5 Å². The molecule has 0 aliphatic rings. The highest BCUT2D eigenvalue weighted by atomic mass is 32.1. The predicted molar refractivity (Wildman–Crippen MR) is 89.9 cm³/mol. The van der Waals surface area contributed by atoms with Crippen molar-refractivity contribution in [3.05, 3.63) is 47.0 Å². The molecule has 0 aliphatic carbocycles. The van der Waals surface area contributed by atoms with Gasteiger partial charge in [-0.15, -0.1) is 11.3 Å². The number of methoxy groups -OCH3 is 1. The molecule has 0 unspecified atom stereocenters. The van der Waals surface area contributed by atoms with Crippen LogP contribution >= 0.6 is 11.3 Å². The van der Waals surface area contributed by atoms with Crippen molar-refractivity contribution in [2.75, 3.05) is 12.8 Å². The van der Waals surface area contributed by atoms with E-state index in [1.54, 1.807) is 19.4 Å². The van der Waals surface area contributed by atoms with Crippen molar-refractivity contribution in [2.45, 2.75) is 6.61 Å². The van der Waals surface area contributed by atoms with Crippen LogP contribution in [-0.2, 0) is 6.61 Å². The maximum absolute atomic E-state index is 11.4.